The molecule has 3 aromatic carbocycles. The Labute approximate surface area is 169 Å². The molecule has 1 heterocycles. The third-order valence-electron chi connectivity index (χ3n) is 5.17. The van der Waals surface area contributed by atoms with Gasteiger partial charge in [-0.15, -0.1) is 0 Å². The maximum Gasteiger partial charge on any atom is 0.336 e. The minimum absolute atomic E-state index is 0.0116. The van der Waals surface area contributed by atoms with E-state index in [9.17, 15) is 9.90 Å². The number of hydrogen-bond acceptors (Lipinski definition) is 4. The molecule has 2 N–H and O–H groups in total. The van der Waals surface area contributed by atoms with Gasteiger partial charge in [-0.05, 0) is 34.7 Å². The van der Waals surface area contributed by atoms with Crippen molar-refractivity contribution in [1.29, 1.82) is 0 Å². The standard InChI is InChI=1S/C25H23NO3/c1-2-17-13-21-20(14-24(28)29-23(21)15-22(17)27)16-26-25(18-9-5-3-6-10-18)19-11-7-4-8-12-19/h3-15,25-27H,2,16H2,1H3. The molecule has 1 aromatic heterocycles. The van der Waals surface area contributed by atoms with Crippen LogP contribution in [0.5, 0.6) is 5.75 Å². The average Bonchev–Trinajstić information content (AvgIpc) is 2.75. The zero-order chi connectivity index (χ0) is 20.2. The molecule has 0 aliphatic carbocycles. The summed E-state index contributed by atoms with van der Waals surface area (Å²) in [5.41, 5.74) is 3.96. The topological polar surface area (TPSA) is 62.5 Å². The van der Waals surface area contributed by atoms with Gasteiger partial charge in [0.25, 0.3) is 0 Å². The number of phenols is 1. The number of fused-ring (bicyclic) bond motifs is 1. The van der Waals surface area contributed by atoms with Gasteiger partial charge in [0.15, 0.2) is 0 Å². The fourth-order valence-corrected chi connectivity index (χ4v) is 3.67. The molecule has 0 aliphatic heterocycles. The molecule has 0 unspecified atom stereocenters. The van der Waals surface area contributed by atoms with Crippen molar-refractivity contribution >= 4 is 11.0 Å². The Balaban J connectivity index is 1.72. The predicted molar refractivity (Wildman–Crippen MR) is 115 cm³/mol. The number of hydrogen-bond donors (Lipinski definition) is 2. The van der Waals surface area contributed by atoms with E-state index in [1.165, 1.54) is 12.1 Å². The lowest BCUT2D eigenvalue weighted by Gasteiger charge is -2.20. The van der Waals surface area contributed by atoms with Crippen LogP contribution in [0.3, 0.4) is 0 Å². The normalized spacial score (nSPS) is 11.2. The third kappa shape index (κ3) is 4.08. The first-order chi connectivity index (χ1) is 14.2. The molecule has 4 nitrogen and oxygen atoms in total. The van der Waals surface area contributed by atoms with Crippen LogP contribution in [0.1, 0.15) is 35.2 Å². The molecule has 4 heteroatoms. The molecule has 4 aromatic rings. The van der Waals surface area contributed by atoms with Gasteiger partial charge in [-0.25, -0.2) is 4.79 Å². The van der Waals surface area contributed by atoms with Gasteiger partial charge < -0.3 is 14.8 Å². The van der Waals surface area contributed by atoms with Gasteiger partial charge in [-0.2, -0.15) is 0 Å². The molecule has 0 bridgehead atoms. The highest BCUT2D eigenvalue weighted by Crippen LogP contribution is 2.28. The van der Waals surface area contributed by atoms with Crippen molar-refractivity contribution in [3.05, 3.63) is 112 Å². The van der Waals surface area contributed by atoms with E-state index in [2.05, 4.69) is 29.6 Å². The van der Waals surface area contributed by atoms with E-state index in [1.807, 2.05) is 49.4 Å². The lowest BCUT2D eigenvalue weighted by molar-refractivity contribution is 0.466. The highest BCUT2D eigenvalue weighted by molar-refractivity contribution is 5.82. The second-order valence-electron chi connectivity index (χ2n) is 7.06. The molecule has 4 rings (SSSR count). The monoisotopic (exact) mass is 385 g/mol. The summed E-state index contributed by atoms with van der Waals surface area (Å²) in [5, 5.41) is 14.6. The van der Waals surface area contributed by atoms with Gasteiger partial charge >= 0.3 is 5.63 Å². The third-order valence-corrected chi connectivity index (χ3v) is 5.17. The summed E-state index contributed by atoms with van der Waals surface area (Å²) in [5.74, 6) is 0.153. The minimum atomic E-state index is -0.422. The van der Waals surface area contributed by atoms with Crippen molar-refractivity contribution in [3.8, 4) is 5.75 Å². The Morgan fingerprint density at radius 1 is 0.897 bits per heavy atom. The van der Waals surface area contributed by atoms with Gasteiger partial charge in [0.2, 0.25) is 0 Å². The SMILES string of the molecule is CCc1cc2c(CNC(c3ccccc3)c3ccccc3)cc(=O)oc2cc1O. The van der Waals surface area contributed by atoms with Gasteiger partial charge in [0.05, 0.1) is 6.04 Å². The van der Waals surface area contributed by atoms with Crippen molar-refractivity contribution in [1.82, 2.24) is 5.32 Å². The molecule has 0 saturated carbocycles. The van der Waals surface area contributed by atoms with Crippen LogP contribution in [0.4, 0.5) is 0 Å². The second kappa shape index (κ2) is 8.33. The Hall–Kier alpha value is -3.37. The predicted octanol–water partition coefficient (Wildman–Crippen LogP) is 4.94. The molecule has 0 spiro atoms. The number of phenolic OH excluding ortho intramolecular Hbond substituents is 1. The smallest absolute Gasteiger partial charge is 0.336 e. The van der Waals surface area contributed by atoms with Crippen LogP contribution in [0, 0.1) is 0 Å². The summed E-state index contributed by atoms with van der Waals surface area (Å²) < 4.78 is 5.32. The number of aryl methyl sites for hydroxylation is 1. The van der Waals surface area contributed by atoms with Crippen molar-refractivity contribution in [2.75, 3.05) is 0 Å². The first-order valence-electron chi connectivity index (χ1n) is 9.77. The van der Waals surface area contributed by atoms with E-state index in [1.54, 1.807) is 0 Å². The Kier molecular flexibility index (Phi) is 5.45. The number of rotatable bonds is 6. The van der Waals surface area contributed by atoms with E-state index in [-0.39, 0.29) is 11.8 Å². The van der Waals surface area contributed by atoms with Crippen molar-refractivity contribution < 1.29 is 9.52 Å². The summed E-state index contributed by atoms with van der Waals surface area (Å²) in [6.07, 6.45) is 0.699. The molecule has 29 heavy (non-hydrogen) atoms. The molecular weight excluding hydrogens is 362 g/mol. The first-order valence-corrected chi connectivity index (χ1v) is 9.77. The van der Waals surface area contributed by atoms with Crippen LogP contribution >= 0.6 is 0 Å². The lowest BCUT2D eigenvalue weighted by Crippen LogP contribution is -2.22. The van der Waals surface area contributed by atoms with Gasteiger partial charge in [0.1, 0.15) is 11.3 Å². The zero-order valence-corrected chi connectivity index (χ0v) is 16.3. The summed E-state index contributed by atoms with van der Waals surface area (Å²) in [4.78, 5) is 12.1. The second-order valence-corrected chi connectivity index (χ2v) is 7.06. The van der Waals surface area contributed by atoms with E-state index < -0.39 is 5.63 Å². The zero-order valence-electron chi connectivity index (χ0n) is 16.3. The lowest BCUT2D eigenvalue weighted by atomic mass is 9.98. The molecular formula is C25H23NO3. The highest BCUT2D eigenvalue weighted by atomic mass is 16.4. The average molecular weight is 385 g/mol. The molecule has 0 amide bonds. The van der Waals surface area contributed by atoms with Gasteiger partial charge in [-0.3, -0.25) is 0 Å². The van der Waals surface area contributed by atoms with Gasteiger partial charge in [-0.1, -0.05) is 67.6 Å². The van der Waals surface area contributed by atoms with Crippen molar-refractivity contribution in [2.24, 2.45) is 0 Å². The molecule has 0 atom stereocenters. The van der Waals surface area contributed by atoms with E-state index in [0.717, 1.165) is 27.6 Å². The highest BCUT2D eigenvalue weighted by Gasteiger charge is 2.15. The first kappa shape index (κ1) is 19.0. The molecule has 0 radical (unpaired) electrons. The summed E-state index contributed by atoms with van der Waals surface area (Å²) in [6, 6.07) is 25.4. The number of aromatic hydroxyl groups is 1. The van der Waals surface area contributed by atoms with Crippen molar-refractivity contribution in [2.45, 2.75) is 25.9 Å². The number of benzene rings is 3. The van der Waals surface area contributed by atoms with Crippen LogP contribution in [0.15, 0.2) is 88.1 Å². The van der Waals surface area contributed by atoms with Crippen LogP contribution < -0.4 is 10.9 Å². The Morgan fingerprint density at radius 2 is 1.52 bits per heavy atom. The summed E-state index contributed by atoms with van der Waals surface area (Å²) in [6.45, 7) is 2.48. The van der Waals surface area contributed by atoms with Crippen LogP contribution in [-0.2, 0) is 13.0 Å². The van der Waals surface area contributed by atoms with E-state index in [0.29, 0.717) is 18.5 Å². The molecule has 146 valence electrons. The van der Waals surface area contributed by atoms with Gasteiger partial charge in [0, 0.05) is 24.1 Å². The number of nitrogens with one attached hydrogen (secondary N) is 1. The Morgan fingerprint density at radius 3 is 2.10 bits per heavy atom. The maximum absolute atomic E-state index is 12.1. The largest absolute Gasteiger partial charge is 0.508 e. The summed E-state index contributed by atoms with van der Waals surface area (Å²) >= 11 is 0. The van der Waals surface area contributed by atoms with E-state index >= 15 is 0 Å². The maximum atomic E-state index is 12.1. The molecule has 0 aliphatic rings. The van der Waals surface area contributed by atoms with E-state index in [4.69, 9.17) is 4.42 Å². The van der Waals surface area contributed by atoms with Crippen LogP contribution in [0.2, 0.25) is 0 Å². The van der Waals surface area contributed by atoms with Crippen LogP contribution in [0.25, 0.3) is 11.0 Å². The molecule has 0 fully saturated rings. The fourth-order valence-electron chi connectivity index (χ4n) is 3.67. The quantitative estimate of drug-likeness (QED) is 0.462. The summed E-state index contributed by atoms with van der Waals surface area (Å²) in [7, 11) is 0. The van der Waals surface area contributed by atoms with Crippen molar-refractivity contribution in [3.63, 3.8) is 0 Å². The van der Waals surface area contributed by atoms with Crippen LogP contribution in [-0.4, -0.2) is 5.11 Å². The Bertz CT molecular complexity index is 1130. The molecule has 0 saturated heterocycles. The minimum Gasteiger partial charge on any atom is -0.508 e. The fraction of sp³-hybridized carbons (Fsp3) is 0.160.